The molecule has 1 heterocycles. The molecule has 2 nitrogen and oxygen atoms in total. The van der Waals surface area contributed by atoms with Crippen molar-refractivity contribution in [1.82, 2.24) is 5.32 Å². The van der Waals surface area contributed by atoms with Gasteiger partial charge in [-0.25, -0.2) is 0 Å². The Kier molecular flexibility index (Phi) is 4.40. The second-order valence-electron chi connectivity index (χ2n) is 4.81. The molecule has 106 valence electrons. The van der Waals surface area contributed by atoms with Crippen molar-refractivity contribution in [2.75, 3.05) is 6.54 Å². The topological polar surface area (TPSA) is 32.3 Å². The molecule has 0 bridgehead atoms. The molecule has 1 aromatic carbocycles. The van der Waals surface area contributed by atoms with Gasteiger partial charge in [0.15, 0.2) is 0 Å². The maximum Gasteiger partial charge on any atom is 0.416 e. The predicted molar refractivity (Wildman–Crippen MR) is 70.2 cm³/mol. The maximum atomic E-state index is 13.0. The van der Waals surface area contributed by atoms with Crippen LogP contribution < -0.4 is 5.32 Å². The van der Waals surface area contributed by atoms with Crippen LogP contribution in [0.2, 0.25) is 0 Å². The molecule has 1 fully saturated rings. The van der Waals surface area contributed by atoms with Crippen LogP contribution >= 0.6 is 15.9 Å². The fraction of sp³-hybridized carbons (Fsp3) is 0.538. The third-order valence-corrected chi connectivity index (χ3v) is 3.99. The Morgan fingerprint density at radius 3 is 2.63 bits per heavy atom. The SMILES string of the molecule is Oc1cc(C(F)(F)F)c(CC2CCCCN2)cc1Br. The third-order valence-electron chi connectivity index (χ3n) is 3.36. The van der Waals surface area contributed by atoms with Crippen molar-refractivity contribution >= 4 is 15.9 Å². The highest BCUT2D eigenvalue weighted by Crippen LogP contribution is 2.38. The quantitative estimate of drug-likeness (QED) is 0.858. The van der Waals surface area contributed by atoms with Gasteiger partial charge in [0.05, 0.1) is 10.0 Å². The van der Waals surface area contributed by atoms with Gasteiger partial charge in [-0.05, 0) is 59.4 Å². The monoisotopic (exact) mass is 337 g/mol. The Morgan fingerprint density at radius 1 is 1.32 bits per heavy atom. The van der Waals surface area contributed by atoms with E-state index in [9.17, 15) is 18.3 Å². The Labute approximate surface area is 118 Å². The van der Waals surface area contributed by atoms with Gasteiger partial charge < -0.3 is 10.4 Å². The molecule has 0 spiro atoms. The molecule has 6 heteroatoms. The van der Waals surface area contributed by atoms with Crippen LogP contribution in [0, 0.1) is 0 Å². The molecule has 19 heavy (non-hydrogen) atoms. The van der Waals surface area contributed by atoms with E-state index in [4.69, 9.17) is 0 Å². The van der Waals surface area contributed by atoms with Crippen LogP contribution in [-0.2, 0) is 12.6 Å². The lowest BCUT2D eigenvalue weighted by Gasteiger charge is -2.25. The summed E-state index contributed by atoms with van der Waals surface area (Å²) in [5.41, 5.74) is -0.530. The van der Waals surface area contributed by atoms with E-state index < -0.39 is 11.7 Å². The largest absolute Gasteiger partial charge is 0.507 e. The molecule has 0 amide bonds. The fourth-order valence-corrected chi connectivity index (χ4v) is 2.79. The first-order chi connectivity index (χ1) is 8.88. The van der Waals surface area contributed by atoms with Crippen LogP contribution in [0.3, 0.4) is 0 Å². The Bertz CT molecular complexity index is 456. The summed E-state index contributed by atoms with van der Waals surface area (Å²) in [4.78, 5) is 0. The fourth-order valence-electron chi connectivity index (χ4n) is 2.40. The summed E-state index contributed by atoms with van der Waals surface area (Å²) in [7, 11) is 0. The Morgan fingerprint density at radius 2 is 2.05 bits per heavy atom. The second kappa shape index (κ2) is 5.71. The summed E-state index contributed by atoms with van der Waals surface area (Å²) >= 11 is 3.07. The average molecular weight is 338 g/mol. The lowest BCUT2D eigenvalue weighted by molar-refractivity contribution is -0.138. The van der Waals surface area contributed by atoms with Crippen molar-refractivity contribution in [3.05, 3.63) is 27.7 Å². The number of phenolic OH excluding ortho intramolecular Hbond substituents is 1. The van der Waals surface area contributed by atoms with Gasteiger partial charge >= 0.3 is 6.18 Å². The molecule has 0 aromatic heterocycles. The van der Waals surface area contributed by atoms with Crippen molar-refractivity contribution in [2.24, 2.45) is 0 Å². The number of rotatable bonds is 2. The molecule has 2 N–H and O–H groups in total. The zero-order valence-corrected chi connectivity index (χ0v) is 11.8. The Balaban J connectivity index is 2.29. The van der Waals surface area contributed by atoms with Gasteiger partial charge in [0.1, 0.15) is 5.75 Å². The predicted octanol–water partition coefficient (Wildman–Crippen LogP) is 3.86. The molecule has 1 aliphatic rings. The molecule has 2 rings (SSSR count). The van der Waals surface area contributed by atoms with Gasteiger partial charge in [-0.1, -0.05) is 6.42 Å². The van der Waals surface area contributed by atoms with Crippen molar-refractivity contribution in [2.45, 2.75) is 37.9 Å². The number of benzene rings is 1. The second-order valence-corrected chi connectivity index (χ2v) is 5.66. The van der Waals surface area contributed by atoms with Gasteiger partial charge in [0, 0.05) is 6.04 Å². The van der Waals surface area contributed by atoms with E-state index in [1.165, 1.54) is 6.07 Å². The molecule has 0 aliphatic carbocycles. The Hall–Kier alpha value is -0.750. The first-order valence-corrected chi connectivity index (χ1v) is 6.99. The number of hydrogen-bond acceptors (Lipinski definition) is 2. The molecule has 1 saturated heterocycles. The summed E-state index contributed by atoms with van der Waals surface area (Å²) in [6.07, 6.45) is -1.12. The van der Waals surface area contributed by atoms with Crippen molar-refractivity contribution < 1.29 is 18.3 Å². The highest BCUT2D eigenvalue weighted by atomic mass is 79.9. The molecular formula is C13H15BrF3NO. The summed E-state index contributed by atoms with van der Waals surface area (Å²) in [6, 6.07) is 2.24. The van der Waals surface area contributed by atoms with E-state index in [1.807, 2.05) is 0 Å². The minimum Gasteiger partial charge on any atom is -0.507 e. The van der Waals surface area contributed by atoms with Crippen LogP contribution in [0.4, 0.5) is 13.2 Å². The number of phenols is 1. The van der Waals surface area contributed by atoms with Gasteiger partial charge in [0.25, 0.3) is 0 Å². The lowest BCUT2D eigenvalue weighted by atomic mass is 9.94. The summed E-state index contributed by atoms with van der Waals surface area (Å²) in [6.45, 7) is 0.852. The van der Waals surface area contributed by atoms with Gasteiger partial charge in [-0.2, -0.15) is 13.2 Å². The maximum absolute atomic E-state index is 13.0. The zero-order chi connectivity index (χ0) is 14.0. The van der Waals surface area contributed by atoms with E-state index in [0.717, 1.165) is 31.9 Å². The highest BCUT2D eigenvalue weighted by molar-refractivity contribution is 9.10. The van der Waals surface area contributed by atoms with E-state index >= 15 is 0 Å². The highest BCUT2D eigenvalue weighted by Gasteiger charge is 2.34. The molecule has 1 unspecified atom stereocenters. The van der Waals surface area contributed by atoms with Crippen molar-refractivity contribution in [3.8, 4) is 5.75 Å². The molecule has 0 radical (unpaired) electrons. The number of halogens is 4. The lowest BCUT2D eigenvalue weighted by Crippen LogP contribution is -2.36. The van der Waals surface area contributed by atoms with E-state index in [2.05, 4.69) is 21.2 Å². The summed E-state index contributed by atoms with van der Waals surface area (Å²) < 4.78 is 39.2. The molecule has 1 aromatic rings. The van der Waals surface area contributed by atoms with Crippen LogP contribution in [-0.4, -0.2) is 17.7 Å². The van der Waals surface area contributed by atoms with Crippen LogP contribution in [0.15, 0.2) is 16.6 Å². The minimum absolute atomic E-state index is 0.0753. The summed E-state index contributed by atoms with van der Waals surface area (Å²) in [5, 5.41) is 12.7. The van der Waals surface area contributed by atoms with Crippen LogP contribution in [0.1, 0.15) is 30.4 Å². The average Bonchev–Trinajstić information content (AvgIpc) is 2.33. The third kappa shape index (κ3) is 3.63. The number of nitrogens with one attached hydrogen (secondary N) is 1. The number of piperidine rings is 1. The number of hydrogen-bond donors (Lipinski definition) is 2. The smallest absolute Gasteiger partial charge is 0.416 e. The summed E-state index contributed by atoms with van der Waals surface area (Å²) in [5.74, 6) is -0.382. The normalized spacial score (nSPS) is 20.5. The zero-order valence-electron chi connectivity index (χ0n) is 10.2. The van der Waals surface area contributed by atoms with Gasteiger partial charge in [0.2, 0.25) is 0 Å². The van der Waals surface area contributed by atoms with Crippen molar-refractivity contribution in [3.63, 3.8) is 0 Å². The molecule has 1 atom stereocenters. The van der Waals surface area contributed by atoms with E-state index in [0.29, 0.717) is 10.9 Å². The molecular weight excluding hydrogens is 323 g/mol. The van der Waals surface area contributed by atoms with Crippen LogP contribution in [0.5, 0.6) is 5.75 Å². The number of alkyl halides is 3. The van der Waals surface area contributed by atoms with Crippen molar-refractivity contribution in [1.29, 1.82) is 0 Å². The number of aromatic hydroxyl groups is 1. The first-order valence-electron chi connectivity index (χ1n) is 6.20. The molecule has 1 aliphatic heterocycles. The molecule has 0 saturated carbocycles. The van der Waals surface area contributed by atoms with E-state index in [-0.39, 0.29) is 17.4 Å². The van der Waals surface area contributed by atoms with Gasteiger partial charge in [-0.3, -0.25) is 0 Å². The van der Waals surface area contributed by atoms with Gasteiger partial charge in [-0.15, -0.1) is 0 Å². The minimum atomic E-state index is -4.44. The van der Waals surface area contributed by atoms with Crippen LogP contribution in [0.25, 0.3) is 0 Å². The van der Waals surface area contributed by atoms with E-state index in [1.54, 1.807) is 0 Å². The first kappa shape index (κ1) is 14.7. The standard InChI is InChI=1S/C13H15BrF3NO/c14-11-6-8(5-9-3-1-2-4-18-9)10(7-12(11)19)13(15,16)17/h6-7,9,18-19H,1-5H2.